The maximum absolute atomic E-state index is 14.1. The van der Waals surface area contributed by atoms with Crippen LogP contribution in [-0.2, 0) is 4.74 Å². The fraction of sp³-hybridized carbons (Fsp3) is 1.00. The average Bonchev–Trinajstić information content (AvgIpc) is 2.77. The van der Waals surface area contributed by atoms with Crippen LogP contribution in [0.1, 0.15) is 6.42 Å². The second-order valence-electron chi connectivity index (χ2n) is 6.26. The number of hydrogen-bond acceptors (Lipinski definition) is 3. The molecule has 0 aromatic rings. The van der Waals surface area contributed by atoms with Gasteiger partial charge in [-0.2, -0.15) is 35.1 Å². The summed E-state index contributed by atoms with van der Waals surface area (Å²) in [5.41, 5.74) is 0. The van der Waals surface area contributed by atoms with Gasteiger partial charge in [-0.3, -0.25) is 4.90 Å². The van der Waals surface area contributed by atoms with Crippen molar-refractivity contribution in [3.05, 3.63) is 0 Å². The molecular weight excluding hydrogens is 440 g/mol. The molecule has 0 amide bonds. The van der Waals surface area contributed by atoms with Gasteiger partial charge in [-0.1, -0.05) is 9.24 Å². The van der Waals surface area contributed by atoms with Gasteiger partial charge in [0.15, 0.2) is 5.41 Å². The Bertz CT molecular complexity index is 500. The third-order valence-electron chi connectivity index (χ3n) is 3.88. The number of hydrogen-bond donors (Lipinski definition) is 0. The third-order valence-corrected chi connectivity index (χ3v) is 4.34. The smallest absolute Gasteiger partial charge is 0.371 e. The summed E-state index contributed by atoms with van der Waals surface area (Å²) in [6.45, 7) is -6.09. The third kappa shape index (κ3) is 7.10. The Balaban J connectivity index is 2.62. The molecule has 0 saturated carbocycles. The predicted molar refractivity (Wildman–Crippen MR) is 79.0 cm³/mol. The van der Waals surface area contributed by atoms with E-state index in [4.69, 9.17) is 0 Å². The number of halogens is 11. The van der Waals surface area contributed by atoms with Crippen LogP contribution in [0.15, 0.2) is 0 Å². The molecule has 1 rings (SSSR count). The summed E-state index contributed by atoms with van der Waals surface area (Å²) in [7, 11) is 0.862. The van der Waals surface area contributed by atoms with Crippen molar-refractivity contribution < 1.29 is 53.0 Å². The van der Waals surface area contributed by atoms with Gasteiger partial charge in [-0.25, -0.2) is 18.1 Å². The Morgan fingerprint density at radius 3 is 1.89 bits per heavy atom. The summed E-state index contributed by atoms with van der Waals surface area (Å²) < 4.78 is 147. The second kappa shape index (κ2) is 9.13. The maximum atomic E-state index is 14.1. The lowest BCUT2D eigenvalue weighted by molar-refractivity contribution is -0.244. The molecule has 0 aromatic carbocycles. The molecule has 1 heterocycles. The lowest BCUT2D eigenvalue weighted by Gasteiger charge is -2.31. The quantitative estimate of drug-likeness (QED) is 0.327. The highest BCUT2D eigenvalue weighted by Crippen LogP contribution is 2.38. The minimum absolute atomic E-state index is 0.0264. The van der Waals surface area contributed by atoms with E-state index in [-0.39, 0.29) is 11.3 Å². The van der Waals surface area contributed by atoms with Crippen LogP contribution < -0.4 is 0 Å². The minimum atomic E-state index is -5.61. The Hall–Kier alpha value is -0.460. The molecule has 1 fully saturated rings. The largest absolute Gasteiger partial charge is 0.459 e. The summed E-state index contributed by atoms with van der Waals surface area (Å²) in [5.74, 6) is -4.38. The molecule has 3 nitrogen and oxygen atoms in total. The Morgan fingerprint density at radius 2 is 1.39 bits per heavy atom. The van der Waals surface area contributed by atoms with Crippen LogP contribution in [0.2, 0.25) is 0 Å². The van der Waals surface area contributed by atoms with Gasteiger partial charge >= 0.3 is 18.4 Å². The van der Waals surface area contributed by atoms with E-state index >= 15 is 0 Å². The van der Waals surface area contributed by atoms with Crippen LogP contribution in [0.5, 0.6) is 0 Å². The van der Waals surface area contributed by atoms with Crippen LogP contribution in [0.4, 0.5) is 48.3 Å². The highest BCUT2D eigenvalue weighted by molar-refractivity contribution is 7.18. The van der Waals surface area contributed by atoms with Crippen LogP contribution in [0.3, 0.4) is 0 Å². The van der Waals surface area contributed by atoms with E-state index in [0.717, 1.165) is 9.24 Å². The zero-order chi connectivity index (χ0) is 22.0. The van der Waals surface area contributed by atoms with Crippen molar-refractivity contribution in [1.29, 1.82) is 0 Å². The average molecular weight is 458 g/mol. The van der Waals surface area contributed by atoms with E-state index in [2.05, 4.69) is 4.74 Å². The molecular formula is C13H18F11N2OP. The first-order valence-corrected chi connectivity index (χ1v) is 8.40. The monoisotopic (exact) mass is 458 g/mol. The molecule has 0 radical (unpaired) electrons. The molecule has 4 atom stereocenters. The highest BCUT2D eigenvalue weighted by Gasteiger charge is 2.54. The molecule has 1 saturated heterocycles. The summed E-state index contributed by atoms with van der Waals surface area (Å²) >= 11 is 0. The van der Waals surface area contributed by atoms with Gasteiger partial charge in [-0.15, -0.1) is 0 Å². The van der Waals surface area contributed by atoms with E-state index in [1.54, 1.807) is 0 Å². The fourth-order valence-corrected chi connectivity index (χ4v) is 2.75. The van der Waals surface area contributed by atoms with Crippen LogP contribution in [-0.4, -0.2) is 85.5 Å². The van der Waals surface area contributed by atoms with Crippen LogP contribution >= 0.6 is 9.24 Å². The van der Waals surface area contributed by atoms with E-state index in [1.807, 2.05) is 0 Å². The SMILES string of the molecule is FC(N1CCCN(C(F)(F)F)CC1)C(F)(F)COCC(F)(P)C(F)C(F)(F)F. The molecule has 0 aromatic heterocycles. The summed E-state index contributed by atoms with van der Waals surface area (Å²) in [6.07, 6.45) is -17.8. The van der Waals surface area contributed by atoms with Crippen molar-refractivity contribution in [2.75, 3.05) is 39.4 Å². The van der Waals surface area contributed by atoms with E-state index < -0.39 is 75.7 Å². The van der Waals surface area contributed by atoms with Gasteiger partial charge in [0.05, 0.1) is 6.61 Å². The van der Waals surface area contributed by atoms with Crippen molar-refractivity contribution in [3.63, 3.8) is 0 Å². The molecule has 15 heteroatoms. The first-order valence-electron chi connectivity index (χ1n) is 7.82. The van der Waals surface area contributed by atoms with Crippen molar-refractivity contribution in [2.45, 2.75) is 42.7 Å². The number of rotatable bonds is 7. The van der Waals surface area contributed by atoms with Gasteiger partial charge in [0.2, 0.25) is 12.5 Å². The zero-order valence-corrected chi connectivity index (χ0v) is 15.3. The first kappa shape index (κ1) is 25.6. The molecule has 1 aliphatic rings. The molecule has 0 bridgehead atoms. The van der Waals surface area contributed by atoms with Gasteiger partial charge in [0, 0.05) is 26.2 Å². The van der Waals surface area contributed by atoms with Crippen molar-refractivity contribution in [1.82, 2.24) is 9.80 Å². The zero-order valence-electron chi connectivity index (χ0n) is 14.1. The molecule has 1 aliphatic heterocycles. The van der Waals surface area contributed by atoms with Crippen LogP contribution in [0.25, 0.3) is 0 Å². The number of alkyl halides is 11. The molecule has 168 valence electrons. The van der Waals surface area contributed by atoms with E-state index in [0.29, 0.717) is 4.90 Å². The topological polar surface area (TPSA) is 15.7 Å². The predicted octanol–water partition coefficient (Wildman–Crippen LogP) is 3.90. The Labute approximate surface area is 155 Å². The van der Waals surface area contributed by atoms with Crippen LogP contribution in [0, 0.1) is 0 Å². The van der Waals surface area contributed by atoms with Gasteiger partial charge in [-0.05, 0) is 6.42 Å². The molecule has 28 heavy (non-hydrogen) atoms. The molecule has 4 unspecified atom stereocenters. The van der Waals surface area contributed by atoms with E-state index in [9.17, 15) is 48.3 Å². The lowest BCUT2D eigenvalue weighted by atomic mass is 10.2. The van der Waals surface area contributed by atoms with Gasteiger partial charge in [0.25, 0.3) is 0 Å². The number of ether oxygens (including phenoxy) is 1. The van der Waals surface area contributed by atoms with Crippen molar-refractivity contribution in [2.24, 2.45) is 0 Å². The standard InChI is InChI=1S/C13H18F11N2OP/c14-8(12(19,20)21)11(18,28)7-27-6-10(16,17)9(15)25-2-1-3-26(5-4-25)13(22,23)24/h8-9H,1-7,28H2. The molecule has 0 aliphatic carbocycles. The van der Waals surface area contributed by atoms with Crippen molar-refractivity contribution in [3.8, 4) is 0 Å². The second-order valence-corrected chi connectivity index (χ2v) is 7.22. The highest BCUT2D eigenvalue weighted by atomic mass is 31.0. The summed E-state index contributed by atoms with van der Waals surface area (Å²) in [5, 5.41) is -3.77. The first-order chi connectivity index (χ1) is 12.5. The van der Waals surface area contributed by atoms with Crippen molar-refractivity contribution >= 4 is 9.24 Å². The Kier molecular flexibility index (Phi) is 8.34. The van der Waals surface area contributed by atoms with Gasteiger partial charge in [0.1, 0.15) is 6.61 Å². The summed E-state index contributed by atoms with van der Waals surface area (Å²) in [6, 6.07) is 0. The van der Waals surface area contributed by atoms with E-state index in [1.165, 1.54) is 0 Å². The molecule has 0 spiro atoms. The molecule has 0 N–H and O–H groups in total. The maximum Gasteiger partial charge on any atom is 0.459 e. The van der Waals surface area contributed by atoms with Gasteiger partial charge < -0.3 is 4.74 Å². The minimum Gasteiger partial charge on any atom is -0.371 e. The number of nitrogens with zero attached hydrogens (tertiary/aromatic N) is 2. The lowest BCUT2D eigenvalue weighted by Crippen LogP contribution is -2.50. The Morgan fingerprint density at radius 1 is 0.821 bits per heavy atom. The normalized spacial score (nSPS) is 23.1. The fourth-order valence-electron chi connectivity index (χ4n) is 2.44. The summed E-state index contributed by atoms with van der Waals surface area (Å²) in [4.78, 5) is 0.449.